The second-order valence-electron chi connectivity index (χ2n) is 6.81. The van der Waals surface area contributed by atoms with Crippen molar-refractivity contribution in [2.24, 2.45) is 16.3 Å². The third-order valence-electron chi connectivity index (χ3n) is 4.99. The summed E-state index contributed by atoms with van der Waals surface area (Å²) < 4.78 is 5.58. The number of hydrogen-bond donors (Lipinski definition) is 2. The zero-order valence-electron chi connectivity index (χ0n) is 14.5. The van der Waals surface area contributed by atoms with Crippen LogP contribution >= 0.6 is 24.0 Å². The fourth-order valence-electron chi connectivity index (χ4n) is 3.31. The van der Waals surface area contributed by atoms with Crippen LogP contribution in [0, 0.1) is 11.3 Å². The fraction of sp³-hybridized carbons (Fsp3) is 0.941. The Kier molecular flexibility index (Phi) is 9.05. The zero-order chi connectivity index (χ0) is 15.1. The molecule has 0 aromatic heterocycles. The van der Waals surface area contributed by atoms with Gasteiger partial charge in [0, 0.05) is 32.3 Å². The Labute approximate surface area is 153 Å². The van der Waals surface area contributed by atoms with E-state index < -0.39 is 0 Å². The van der Waals surface area contributed by atoms with E-state index in [0.717, 1.165) is 44.6 Å². The molecule has 0 amide bonds. The highest BCUT2D eigenvalue weighted by Crippen LogP contribution is 2.41. The molecule has 2 atom stereocenters. The summed E-state index contributed by atoms with van der Waals surface area (Å²) >= 11 is 0. The first kappa shape index (κ1) is 20.0. The van der Waals surface area contributed by atoms with E-state index in [1.807, 2.05) is 0 Å². The second-order valence-corrected chi connectivity index (χ2v) is 6.81. The number of hydrogen-bond acceptors (Lipinski definition) is 2. The predicted octanol–water partition coefficient (Wildman–Crippen LogP) is 3.55. The van der Waals surface area contributed by atoms with Gasteiger partial charge in [0.2, 0.25) is 0 Å². The maximum Gasteiger partial charge on any atom is 0.191 e. The number of nitrogens with zero attached hydrogens (tertiary/aromatic N) is 1. The van der Waals surface area contributed by atoms with Crippen molar-refractivity contribution in [1.29, 1.82) is 0 Å². The molecule has 0 radical (unpaired) electrons. The minimum Gasteiger partial charge on any atom is -0.382 e. The molecule has 0 bridgehead atoms. The summed E-state index contributed by atoms with van der Waals surface area (Å²) in [6, 6.07) is 0.630. The molecule has 2 fully saturated rings. The van der Waals surface area contributed by atoms with Crippen LogP contribution in [0.1, 0.15) is 59.3 Å². The molecule has 130 valence electrons. The normalized spacial score (nSPS) is 26.4. The summed E-state index contributed by atoms with van der Waals surface area (Å²) in [5.74, 6) is 1.81. The van der Waals surface area contributed by atoms with E-state index in [1.165, 1.54) is 32.1 Å². The fourth-order valence-corrected chi connectivity index (χ4v) is 3.31. The third-order valence-corrected chi connectivity index (χ3v) is 4.99. The van der Waals surface area contributed by atoms with Crippen LogP contribution in [0.5, 0.6) is 0 Å². The van der Waals surface area contributed by atoms with Crippen LogP contribution in [0.4, 0.5) is 0 Å². The second kappa shape index (κ2) is 9.96. The van der Waals surface area contributed by atoms with Gasteiger partial charge in [-0.2, -0.15) is 0 Å². The van der Waals surface area contributed by atoms with Crippen molar-refractivity contribution < 1.29 is 4.74 Å². The molecule has 0 aromatic rings. The molecule has 22 heavy (non-hydrogen) atoms. The molecule has 2 aliphatic carbocycles. The van der Waals surface area contributed by atoms with Gasteiger partial charge in [-0.05, 0) is 50.9 Å². The molecular weight excluding hydrogens is 389 g/mol. The smallest absolute Gasteiger partial charge is 0.191 e. The molecule has 2 aliphatic rings. The lowest BCUT2D eigenvalue weighted by Gasteiger charge is -2.27. The minimum atomic E-state index is 0. The molecule has 0 saturated heterocycles. The molecule has 2 N–H and O–H groups in total. The van der Waals surface area contributed by atoms with Crippen molar-refractivity contribution in [2.45, 2.75) is 65.3 Å². The molecule has 0 spiro atoms. The first-order chi connectivity index (χ1) is 10.2. The molecular formula is C17H34IN3O. The van der Waals surface area contributed by atoms with E-state index in [4.69, 9.17) is 9.73 Å². The molecule has 0 heterocycles. The Bertz CT molecular complexity index is 343. The highest BCUT2D eigenvalue weighted by molar-refractivity contribution is 14.0. The molecule has 0 aromatic carbocycles. The molecule has 5 heteroatoms. The van der Waals surface area contributed by atoms with Gasteiger partial charge in [-0.25, -0.2) is 0 Å². The van der Waals surface area contributed by atoms with E-state index in [1.54, 1.807) is 0 Å². The SMILES string of the molecule is CCNC(=NCC1(CCOCC)CCCC1)NC1CC1C.I. The Balaban J connectivity index is 0.00000242. The number of guanidine groups is 1. The summed E-state index contributed by atoms with van der Waals surface area (Å²) in [6.45, 7) is 10.1. The predicted molar refractivity (Wildman–Crippen MR) is 104 cm³/mol. The first-order valence-corrected chi connectivity index (χ1v) is 8.82. The van der Waals surface area contributed by atoms with Crippen molar-refractivity contribution >= 4 is 29.9 Å². The quantitative estimate of drug-likeness (QED) is 0.272. The maximum atomic E-state index is 5.58. The Morgan fingerprint density at radius 2 is 1.95 bits per heavy atom. The number of nitrogens with one attached hydrogen (secondary N) is 2. The molecule has 2 rings (SSSR count). The maximum absolute atomic E-state index is 5.58. The number of aliphatic imine (C=N–C) groups is 1. The highest BCUT2D eigenvalue weighted by atomic mass is 127. The van der Waals surface area contributed by atoms with Crippen LogP contribution in [0.3, 0.4) is 0 Å². The highest BCUT2D eigenvalue weighted by Gasteiger charge is 2.35. The van der Waals surface area contributed by atoms with Crippen LogP contribution in [-0.2, 0) is 4.74 Å². The van der Waals surface area contributed by atoms with Gasteiger partial charge in [-0.3, -0.25) is 4.99 Å². The number of halogens is 1. The van der Waals surface area contributed by atoms with Crippen LogP contribution < -0.4 is 10.6 Å². The lowest BCUT2D eigenvalue weighted by molar-refractivity contribution is 0.107. The number of rotatable bonds is 8. The van der Waals surface area contributed by atoms with Gasteiger partial charge in [0.15, 0.2) is 5.96 Å². The van der Waals surface area contributed by atoms with Crippen molar-refractivity contribution in [2.75, 3.05) is 26.3 Å². The molecule has 4 nitrogen and oxygen atoms in total. The summed E-state index contributed by atoms with van der Waals surface area (Å²) in [6.07, 6.45) is 7.76. The van der Waals surface area contributed by atoms with Crippen LogP contribution in [-0.4, -0.2) is 38.3 Å². The average Bonchev–Trinajstić information content (AvgIpc) is 2.98. The van der Waals surface area contributed by atoms with E-state index in [2.05, 4.69) is 31.4 Å². The van der Waals surface area contributed by atoms with Gasteiger partial charge in [-0.15, -0.1) is 24.0 Å². The summed E-state index contributed by atoms with van der Waals surface area (Å²) in [4.78, 5) is 4.90. The van der Waals surface area contributed by atoms with Crippen molar-refractivity contribution in [1.82, 2.24) is 10.6 Å². The first-order valence-electron chi connectivity index (χ1n) is 8.82. The van der Waals surface area contributed by atoms with E-state index in [9.17, 15) is 0 Å². The summed E-state index contributed by atoms with van der Waals surface area (Å²) in [7, 11) is 0. The van der Waals surface area contributed by atoms with Gasteiger partial charge in [-0.1, -0.05) is 19.8 Å². The zero-order valence-corrected chi connectivity index (χ0v) is 16.8. The van der Waals surface area contributed by atoms with Gasteiger partial charge in [0.1, 0.15) is 0 Å². The van der Waals surface area contributed by atoms with Gasteiger partial charge in [0.05, 0.1) is 0 Å². The average molecular weight is 423 g/mol. The van der Waals surface area contributed by atoms with Gasteiger partial charge in [0.25, 0.3) is 0 Å². The summed E-state index contributed by atoms with van der Waals surface area (Å²) in [5.41, 5.74) is 0.382. The van der Waals surface area contributed by atoms with Crippen LogP contribution in [0.15, 0.2) is 4.99 Å². The Morgan fingerprint density at radius 3 is 2.50 bits per heavy atom. The molecule has 2 unspecified atom stereocenters. The number of ether oxygens (including phenoxy) is 1. The van der Waals surface area contributed by atoms with Gasteiger partial charge < -0.3 is 15.4 Å². The van der Waals surface area contributed by atoms with Crippen molar-refractivity contribution in [3.8, 4) is 0 Å². The van der Waals surface area contributed by atoms with Crippen molar-refractivity contribution in [3.05, 3.63) is 0 Å². The molecule has 0 aliphatic heterocycles. The standard InChI is InChI=1S/C17H33N3O.HI/c1-4-18-16(20-15-12-14(15)3)19-13-17(8-6-7-9-17)10-11-21-5-2;/h14-15H,4-13H2,1-3H3,(H2,18,19,20);1H. The van der Waals surface area contributed by atoms with Crippen LogP contribution in [0.25, 0.3) is 0 Å². The lowest BCUT2D eigenvalue weighted by Crippen LogP contribution is -2.40. The van der Waals surface area contributed by atoms with E-state index >= 15 is 0 Å². The van der Waals surface area contributed by atoms with Crippen molar-refractivity contribution in [3.63, 3.8) is 0 Å². The Hall–Kier alpha value is -0.0400. The van der Waals surface area contributed by atoms with Crippen LogP contribution in [0.2, 0.25) is 0 Å². The van der Waals surface area contributed by atoms with Gasteiger partial charge >= 0.3 is 0 Å². The van der Waals surface area contributed by atoms with E-state index in [0.29, 0.717) is 11.5 Å². The van der Waals surface area contributed by atoms with E-state index in [-0.39, 0.29) is 24.0 Å². The topological polar surface area (TPSA) is 45.7 Å². The largest absolute Gasteiger partial charge is 0.382 e. The third kappa shape index (κ3) is 6.22. The molecule has 2 saturated carbocycles. The summed E-state index contributed by atoms with van der Waals surface area (Å²) in [5, 5.41) is 6.95. The monoisotopic (exact) mass is 423 g/mol. The minimum absolute atomic E-state index is 0. The lowest BCUT2D eigenvalue weighted by atomic mass is 9.83. The Morgan fingerprint density at radius 1 is 1.27 bits per heavy atom.